The predicted octanol–water partition coefficient (Wildman–Crippen LogP) is 4.02. The average Bonchev–Trinajstić information content (AvgIpc) is 2.25. The molecule has 15 heavy (non-hydrogen) atoms. The topological polar surface area (TPSA) is 17.8 Å². The smallest absolute Gasteiger partial charge is 0.253 e. The summed E-state index contributed by atoms with van der Waals surface area (Å²) in [5.41, 5.74) is -1.43. The summed E-state index contributed by atoms with van der Waals surface area (Å²) in [6.45, 7) is 5.04. The second-order valence-corrected chi connectivity index (χ2v) is 5.85. The number of hydrogen-bond donors (Lipinski definition) is 0. The second-order valence-electron chi connectivity index (χ2n) is 4.03. The second kappa shape index (κ2) is 3.90. The Morgan fingerprint density at radius 1 is 1.27 bits per heavy atom. The maximum atomic E-state index is 12.8. The quantitative estimate of drug-likeness (QED) is 0.605. The van der Waals surface area contributed by atoms with E-state index in [2.05, 4.69) is 21.0 Å². The Labute approximate surface area is 107 Å². The molecule has 0 unspecified atom stereocenters. The van der Waals surface area contributed by atoms with Crippen LogP contribution in [0.15, 0.2) is 4.47 Å². The van der Waals surface area contributed by atoms with Crippen LogP contribution < -0.4 is 0 Å². The van der Waals surface area contributed by atoms with Crippen molar-refractivity contribution in [3.8, 4) is 0 Å². The van der Waals surface area contributed by atoms with E-state index in [1.165, 1.54) is 0 Å². The van der Waals surface area contributed by atoms with Gasteiger partial charge in [0.1, 0.15) is 3.70 Å². The summed E-state index contributed by atoms with van der Waals surface area (Å²) >= 11 is 4.69. The lowest BCUT2D eigenvalue weighted by atomic mass is 10.1. The third-order valence-corrected chi connectivity index (χ3v) is 3.94. The van der Waals surface area contributed by atoms with Gasteiger partial charge in [-0.05, 0) is 59.3 Å². The minimum atomic E-state index is -4.40. The average molecular weight is 397 g/mol. The van der Waals surface area contributed by atoms with Gasteiger partial charge in [-0.3, -0.25) is 4.68 Å². The maximum absolute atomic E-state index is 12.8. The summed E-state index contributed by atoms with van der Waals surface area (Å²) in [6.07, 6.45) is -4.40. The van der Waals surface area contributed by atoms with E-state index in [-0.39, 0.29) is 4.47 Å². The third-order valence-electron chi connectivity index (χ3n) is 1.69. The lowest BCUT2D eigenvalue weighted by Crippen LogP contribution is -2.28. The molecule has 1 heterocycles. The van der Waals surface area contributed by atoms with E-state index in [9.17, 15) is 13.2 Å². The summed E-state index contributed by atoms with van der Waals surface area (Å²) in [6, 6.07) is 0. The van der Waals surface area contributed by atoms with E-state index in [1.54, 1.807) is 43.4 Å². The molecule has 2 nitrogen and oxygen atoms in total. The number of rotatable bonds is 0. The molecule has 0 aromatic carbocycles. The van der Waals surface area contributed by atoms with E-state index in [0.29, 0.717) is 3.70 Å². The first kappa shape index (κ1) is 13.3. The van der Waals surface area contributed by atoms with E-state index in [1.807, 2.05) is 0 Å². The monoisotopic (exact) mass is 396 g/mol. The summed E-state index contributed by atoms with van der Waals surface area (Å²) in [4.78, 5) is 0. The van der Waals surface area contributed by atoms with Gasteiger partial charge in [0.15, 0.2) is 5.69 Å². The van der Waals surface area contributed by atoms with Gasteiger partial charge >= 0.3 is 6.18 Å². The molecule has 0 saturated heterocycles. The Kier molecular flexibility index (Phi) is 3.45. The van der Waals surface area contributed by atoms with Gasteiger partial charge in [-0.1, -0.05) is 0 Å². The van der Waals surface area contributed by atoms with Crippen LogP contribution in [0.25, 0.3) is 0 Å². The van der Waals surface area contributed by atoms with E-state index >= 15 is 0 Å². The zero-order valence-corrected chi connectivity index (χ0v) is 12.0. The molecule has 0 radical (unpaired) electrons. The van der Waals surface area contributed by atoms with Gasteiger partial charge in [0.2, 0.25) is 0 Å². The van der Waals surface area contributed by atoms with Gasteiger partial charge in [-0.2, -0.15) is 18.3 Å². The highest BCUT2D eigenvalue weighted by Gasteiger charge is 2.41. The normalized spacial score (nSPS) is 13.3. The highest BCUT2D eigenvalue weighted by Crippen LogP contribution is 2.39. The molecule has 0 atom stereocenters. The van der Waals surface area contributed by atoms with Crippen LogP contribution in [0.3, 0.4) is 0 Å². The van der Waals surface area contributed by atoms with Crippen molar-refractivity contribution in [3.05, 3.63) is 13.9 Å². The number of halogens is 5. The van der Waals surface area contributed by atoms with Crippen LogP contribution in [0.2, 0.25) is 0 Å². The summed E-state index contributed by atoms with van der Waals surface area (Å²) in [5, 5.41) is 3.88. The molecule has 86 valence electrons. The first-order chi connectivity index (χ1) is 6.55. The first-order valence-electron chi connectivity index (χ1n) is 4.07. The van der Waals surface area contributed by atoms with Crippen LogP contribution in [0.4, 0.5) is 13.2 Å². The maximum Gasteiger partial charge on any atom is 0.434 e. The minimum absolute atomic E-state index is 0.00512. The molecule has 1 aromatic heterocycles. The molecular formula is C8H9BrF3IN2. The van der Waals surface area contributed by atoms with Crippen LogP contribution in [-0.4, -0.2) is 9.78 Å². The molecule has 0 N–H and O–H groups in total. The highest BCUT2D eigenvalue weighted by atomic mass is 127. The molecule has 0 spiro atoms. The molecule has 0 fully saturated rings. The van der Waals surface area contributed by atoms with E-state index in [4.69, 9.17) is 0 Å². The van der Waals surface area contributed by atoms with Gasteiger partial charge < -0.3 is 0 Å². The molecule has 0 saturated carbocycles. The molecule has 1 rings (SSSR count). The van der Waals surface area contributed by atoms with Crippen LogP contribution in [-0.2, 0) is 11.7 Å². The Bertz CT molecular complexity index is 378. The van der Waals surface area contributed by atoms with Crippen LogP contribution in [0, 0.1) is 3.70 Å². The van der Waals surface area contributed by atoms with Gasteiger partial charge in [0, 0.05) is 0 Å². The Morgan fingerprint density at radius 3 is 2.00 bits per heavy atom. The van der Waals surface area contributed by atoms with Crippen molar-refractivity contribution < 1.29 is 13.2 Å². The molecule has 0 bridgehead atoms. The van der Waals surface area contributed by atoms with Crippen LogP contribution in [0.5, 0.6) is 0 Å². The standard InChI is InChI=1S/C8H9BrF3IN2/c1-7(2,3)15-5(8(10,11)12)4(9)6(13)14-15/h1-3H3. The molecular weight excluding hydrogens is 388 g/mol. The van der Waals surface area contributed by atoms with Gasteiger partial charge in [-0.25, -0.2) is 0 Å². The van der Waals surface area contributed by atoms with Gasteiger partial charge in [0.05, 0.1) is 10.0 Å². The lowest BCUT2D eigenvalue weighted by Gasteiger charge is -2.23. The fraction of sp³-hybridized carbons (Fsp3) is 0.625. The van der Waals surface area contributed by atoms with Crippen molar-refractivity contribution in [1.29, 1.82) is 0 Å². The zero-order valence-electron chi connectivity index (χ0n) is 8.28. The van der Waals surface area contributed by atoms with E-state index < -0.39 is 17.4 Å². The lowest BCUT2D eigenvalue weighted by molar-refractivity contribution is -0.146. The molecule has 0 amide bonds. The van der Waals surface area contributed by atoms with Crippen molar-refractivity contribution in [2.75, 3.05) is 0 Å². The zero-order chi connectivity index (χ0) is 12.0. The van der Waals surface area contributed by atoms with Crippen molar-refractivity contribution in [2.24, 2.45) is 0 Å². The molecule has 0 aliphatic heterocycles. The Hall–Kier alpha value is 0.210. The Morgan fingerprint density at radius 2 is 1.73 bits per heavy atom. The molecule has 0 aliphatic rings. The Balaban J connectivity index is 3.48. The van der Waals surface area contributed by atoms with Crippen molar-refractivity contribution in [3.63, 3.8) is 0 Å². The highest BCUT2D eigenvalue weighted by molar-refractivity contribution is 14.1. The van der Waals surface area contributed by atoms with Crippen LogP contribution >= 0.6 is 38.5 Å². The van der Waals surface area contributed by atoms with Crippen molar-refractivity contribution in [2.45, 2.75) is 32.5 Å². The molecule has 7 heteroatoms. The summed E-state index contributed by atoms with van der Waals surface area (Å²) < 4.78 is 39.6. The largest absolute Gasteiger partial charge is 0.434 e. The van der Waals surface area contributed by atoms with Crippen molar-refractivity contribution in [1.82, 2.24) is 9.78 Å². The van der Waals surface area contributed by atoms with Gasteiger partial charge in [-0.15, -0.1) is 0 Å². The third kappa shape index (κ3) is 2.66. The van der Waals surface area contributed by atoms with Crippen molar-refractivity contribution >= 4 is 38.5 Å². The SMILES string of the molecule is CC(C)(C)n1nc(I)c(Br)c1C(F)(F)F. The fourth-order valence-electron chi connectivity index (χ4n) is 1.10. The van der Waals surface area contributed by atoms with Crippen LogP contribution in [0.1, 0.15) is 26.5 Å². The molecule has 1 aromatic rings. The number of alkyl halides is 3. The minimum Gasteiger partial charge on any atom is -0.253 e. The fourth-order valence-corrected chi connectivity index (χ4v) is 2.05. The number of aromatic nitrogens is 2. The molecule has 0 aliphatic carbocycles. The summed E-state index contributed by atoms with van der Waals surface area (Å²) in [7, 11) is 0. The number of nitrogens with zero attached hydrogens (tertiary/aromatic N) is 2. The number of hydrogen-bond acceptors (Lipinski definition) is 1. The van der Waals surface area contributed by atoms with Gasteiger partial charge in [0.25, 0.3) is 0 Å². The predicted molar refractivity (Wildman–Crippen MR) is 62.6 cm³/mol. The first-order valence-corrected chi connectivity index (χ1v) is 5.94. The van der Waals surface area contributed by atoms with E-state index in [0.717, 1.165) is 4.68 Å². The summed E-state index contributed by atoms with van der Waals surface area (Å²) in [5.74, 6) is 0.